The minimum absolute atomic E-state index is 0.0981. The molecule has 1 atom stereocenters. The maximum Gasteiger partial charge on any atom is 0.420 e. The van der Waals surface area contributed by atoms with Gasteiger partial charge in [-0.15, -0.1) is 0 Å². The van der Waals surface area contributed by atoms with Gasteiger partial charge in [0.2, 0.25) is 5.78 Å². The number of Topliss-reactive ketones (excluding diaryl/α,β-unsaturated/α-hetero) is 1. The van der Waals surface area contributed by atoms with E-state index in [0.717, 1.165) is 22.2 Å². The number of unbranched alkanes of at least 4 members (excludes halogenated alkanes) is 2. The fourth-order valence-corrected chi connectivity index (χ4v) is 4.62. The number of carbonyl (C=O) groups excluding carboxylic acids is 3. The number of ether oxygens (including phenoxy) is 2. The van der Waals surface area contributed by atoms with Gasteiger partial charge in [0.25, 0.3) is 5.89 Å². The molecule has 0 radical (unpaired) electrons. The van der Waals surface area contributed by atoms with Crippen LogP contribution in [0.3, 0.4) is 0 Å². The molecule has 0 spiro atoms. The third-order valence-corrected chi connectivity index (χ3v) is 6.52. The summed E-state index contributed by atoms with van der Waals surface area (Å²) < 4.78 is 17.7. The van der Waals surface area contributed by atoms with E-state index >= 15 is 0 Å². The molecule has 0 aliphatic carbocycles. The second-order valence-electron chi connectivity index (χ2n) is 12.8. The van der Waals surface area contributed by atoms with E-state index in [0.29, 0.717) is 37.2 Å². The number of hydrogen-bond donors (Lipinski definition) is 1. The van der Waals surface area contributed by atoms with Crippen molar-refractivity contribution < 1.29 is 28.3 Å². The SMILES string of the molecule is Cc1ccc2cc(-c3cn(C(=O)OC(C)(C)C)c(C(CCCCCC(=O)c4ncco4)NC(=O)OC(C)(C)C)n3)ccc2n1. The molecule has 0 aliphatic heterocycles. The Balaban J connectivity index is 1.63. The third kappa shape index (κ3) is 8.98. The number of alkyl carbamates (subject to hydrolysis) is 1. The molecule has 3 aromatic heterocycles. The Morgan fingerprint density at radius 3 is 2.39 bits per heavy atom. The fourth-order valence-electron chi connectivity index (χ4n) is 4.62. The minimum Gasteiger partial charge on any atom is -0.444 e. The summed E-state index contributed by atoms with van der Waals surface area (Å²) in [5.41, 5.74) is 1.62. The highest BCUT2D eigenvalue weighted by Crippen LogP contribution is 2.29. The maximum atomic E-state index is 13.5. The van der Waals surface area contributed by atoms with Crippen molar-refractivity contribution in [2.45, 2.75) is 97.8 Å². The number of ketones is 1. The first-order valence-corrected chi connectivity index (χ1v) is 14.8. The molecule has 44 heavy (non-hydrogen) atoms. The number of oxazole rings is 1. The van der Waals surface area contributed by atoms with Crippen LogP contribution in [0, 0.1) is 6.92 Å². The van der Waals surface area contributed by atoms with Crippen LogP contribution < -0.4 is 5.32 Å². The number of amides is 1. The lowest BCUT2D eigenvalue weighted by molar-refractivity contribution is 0.0470. The number of nitrogens with zero attached hydrogens (tertiary/aromatic N) is 4. The number of aryl methyl sites for hydroxylation is 1. The molecule has 1 aromatic carbocycles. The summed E-state index contributed by atoms with van der Waals surface area (Å²) in [5, 5.41) is 3.85. The lowest BCUT2D eigenvalue weighted by atomic mass is 10.1. The maximum absolute atomic E-state index is 13.5. The predicted molar refractivity (Wildman–Crippen MR) is 165 cm³/mol. The Kier molecular flexibility index (Phi) is 9.86. The average Bonchev–Trinajstić information content (AvgIpc) is 3.61. The zero-order valence-corrected chi connectivity index (χ0v) is 26.5. The Bertz CT molecular complexity index is 1610. The first kappa shape index (κ1) is 32.4. The molecule has 0 aliphatic rings. The van der Waals surface area contributed by atoms with Gasteiger partial charge in [0.05, 0.1) is 23.4 Å². The highest BCUT2D eigenvalue weighted by Gasteiger charge is 2.29. The highest BCUT2D eigenvalue weighted by atomic mass is 16.6. The summed E-state index contributed by atoms with van der Waals surface area (Å²) in [5.74, 6) is 0.253. The number of hydrogen-bond acceptors (Lipinski definition) is 9. The van der Waals surface area contributed by atoms with Crippen LogP contribution >= 0.6 is 0 Å². The Morgan fingerprint density at radius 1 is 0.955 bits per heavy atom. The Morgan fingerprint density at radius 2 is 1.70 bits per heavy atom. The van der Waals surface area contributed by atoms with Crippen molar-refractivity contribution in [1.82, 2.24) is 24.8 Å². The quantitative estimate of drug-likeness (QED) is 0.144. The summed E-state index contributed by atoms with van der Waals surface area (Å²) in [4.78, 5) is 52.0. The van der Waals surface area contributed by atoms with E-state index < -0.39 is 29.4 Å². The summed E-state index contributed by atoms with van der Waals surface area (Å²) in [6.07, 6.45) is 5.86. The lowest BCUT2D eigenvalue weighted by Gasteiger charge is -2.25. The molecule has 0 fully saturated rings. The molecule has 3 heterocycles. The number of pyridine rings is 1. The fraction of sp³-hybridized carbons (Fsp3) is 0.455. The number of nitrogens with one attached hydrogen (secondary N) is 1. The van der Waals surface area contributed by atoms with Crippen LogP contribution in [0.1, 0.15) is 102 Å². The molecule has 4 rings (SSSR count). The van der Waals surface area contributed by atoms with Gasteiger partial charge in [-0.1, -0.05) is 25.0 Å². The largest absolute Gasteiger partial charge is 0.444 e. The lowest BCUT2D eigenvalue weighted by Crippen LogP contribution is -2.37. The van der Waals surface area contributed by atoms with Crippen LogP contribution in [0.2, 0.25) is 0 Å². The third-order valence-electron chi connectivity index (χ3n) is 6.52. The van der Waals surface area contributed by atoms with Crippen molar-refractivity contribution >= 4 is 28.9 Å². The van der Waals surface area contributed by atoms with Gasteiger partial charge >= 0.3 is 12.2 Å². The van der Waals surface area contributed by atoms with Gasteiger partial charge < -0.3 is 19.2 Å². The minimum atomic E-state index is -0.755. The van der Waals surface area contributed by atoms with Gasteiger partial charge in [-0.05, 0) is 79.5 Å². The van der Waals surface area contributed by atoms with Crippen LogP contribution in [0.4, 0.5) is 9.59 Å². The molecule has 11 heteroatoms. The van der Waals surface area contributed by atoms with Crippen LogP contribution in [0.25, 0.3) is 22.2 Å². The monoisotopic (exact) mass is 603 g/mol. The van der Waals surface area contributed by atoms with E-state index in [2.05, 4.69) is 15.3 Å². The average molecular weight is 604 g/mol. The molecule has 4 aromatic rings. The normalized spacial score (nSPS) is 12.6. The zero-order chi connectivity index (χ0) is 32.1. The van der Waals surface area contributed by atoms with E-state index in [4.69, 9.17) is 18.9 Å². The standard InChI is InChI=1S/C33H41N5O6/c1-21-13-14-22-19-23(15-16-24(22)35-21)26-20-38(31(41)44-33(5,6)7)28(36-26)25(37-30(40)43-32(2,3)4)11-9-8-10-12-27(39)29-34-17-18-42-29/h13-20,25H,8-12H2,1-7H3,(H,37,40). The Labute approximate surface area is 257 Å². The molecular weight excluding hydrogens is 562 g/mol. The van der Waals surface area contributed by atoms with Crippen molar-refractivity contribution in [1.29, 1.82) is 0 Å². The van der Waals surface area contributed by atoms with E-state index in [1.807, 2.05) is 37.3 Å². The molecule has 1 unspecified atom stereocenters. The van der Waals surface area contributed by atoms with Crippen molar-refractivity contribution in [3.63, 3.8) is 0 Å². The number of aromatic nitrogens is 4. The number of rotatable bonds is 10. The highest BCUT2D eigenvalue weighted by molar-refractivity contribution is 5.91. The second kappa shape index (κ2) is 13.4. The molecule has 0 saturated carbocycles. The van der Waals surface area contributed by atoms with E-state index in [1.165, 1.54) is 17.0 Å². The van der Waals surface area contributed by atoms with Gasteiger partial charge in [-0.2, -0.15) is 0 Å². The zero-order valence-electron chi connectivity index (χ0n) is 26.5. The van der Waals surface area contributed by atoms with Crippen molar-refractivity contribution in [2.75, 3.05) is 0 Å². The summed E-state index contributed by atoms with van der Waals surface area (Å²) >= 11 is 0. The molecule has 1 amide bonds. The molecule has 0 saturated heterocycles. The van der Waals surface area contributed by atoms with Crippen molar-refractivity contribution in [3.05, 3.63) is 66.4 Å². The van der Waals surface area contributed by atoms with Gasteiger partial charge in [-0.3, -0.25) is 9.78 Å². The van der Waals surface area contributed by atoms with Crippen LogP contribution in [0.15, 0.2) is 53.4 Å². The smallest absolute Gasteiger partial charge is 0.420 e. The summed E-state index contributed by atoms with van der Waals surface area (Å²) in [6, 6.07) is 9.04. The number of fused-ring (bicyclic) bond motifs is 1. The number of benzene rings is 1. The van der Waals surface area contributed by atoms with Gasteiger partial charge in [-0.25, -0.2) is 24.1 Å². The van der Waals surface area contributed by atoms with E-state index in [1.54, 1.807) is 47.7 Å². The molecule has 0 bridgehead atoms. The first-order valence-electron chi connectivity index (χ1n) is 14.8. The Hall–Kier alpha value is -4.54. The van der Waals surface area contributed by atoms with Gasteiger partial charge in [0.1, 0.15) is 23.3 Å². The predicted octanol–water partition coefficient (Wildman–Crippen LogP) is 7.58. The summed E-state index contributed by atoms with van der Waals surface area (Å²) in [6.45, 7) is 12.6. The van der Waals surface area contributed by atoms with Crippen LogP contribution in [-0.2, 0) is 9.47 Å². The van der Waals surface area contributed by atoms with E-state index in [9.17, 15) is 14.4 Å². The van der Waals surface area contributed by atoms with Gasteiger partial charge in [0, 0.05) is 29.3 Å². The number of imidazole rings is 1. The molecule has 234 valence electrons. The topological polar surface area (TPSA) is 138 Å². The van der Waals surface area contributed by atoms with Crippen molar-refractivity contribution in [3.8, 4) is 11.3 Å². The van der Waals surface area contributed by atoms with Crippen LogP contribution in [-0.4, -0.2) is 48.7 Å². The molecular formula is C33H41N5O6. The number of carbonyl (C=O) groups is 3. The molecule has 11 nitrogen and oxygen atoms in total. The molecule has 1 N–H and O–H groups in total. The van der Waals surface area contributed by atoms with E-state index in [-0.39, 0.29) is 18.1 Å². The van der Waals surface area contributed by atoms with Gasteiger partial charge in [0.15, 0.2) is 0 Å². The van der Waals surface area contributed by atoms with Crippen LogP contribution in [0.5, 0.6) is 0 Å². The second-order valence-corrected chi connectivity index (χ2v) is 12.8. The van der Waals surface area contributed by atoms with Crippen molar-refractivity contribution in [2.24, 2.45) is 0 Å². The first-order chi connectivity index (χ1) is 20.7. The summed E-state index contributed by atoms with van der Waals surface area (Å²) in [7, 11) is 0.